The number of fused-ring (bicyclic) bond motifs is 1. The summed E-state index contributed by atoms with van der Waals surface area (Å²) in [4.78, 5) is 8.77. The van der Waals surface area contributed by atoms with E-state index >= 15 is 0 Å². The van der Waals surface area contributed by atoms with Crippen molar-refractivity contribution in [2.24, 2.45) is 0 Å². The summed E-state index contributed by atoms with van der Waals surface area (Å²) in [5.41, 5.74) is 8.29. The fourth-order valence-electron chi connectivity index (χ4n) is 1.81. The summed E-state index contributed by atoms with van der Waals surface area (Å²) in [6, 6.07) is 14.9. The Bertz CT molecular complexity index is 742. The molecule has 0 bridgehead atoms. The maximum atomic E-state index is 5.94. The van der Waals surface area contributed by atoms with Crippen molar-refractivity contribution in [3.63, 3.8) is 0 Å². The van der Waals surface area contributed by atoms with Crippen molar-refractivity contribution in [2.75, 3.05) is 11.1 Å². The van der Waals surface area contributed by atoms with Crippen molar-refractivity contribution >= 4 is 40.0 Å². The van der Waals surface area contributed by atoms with Crippen LogP contribution >= 0.6 is 11.6 Å². The number of para-hydroxylation sites is 2. The van der Waals surface area contributed by atoms with E-state index < -0.39 is 0 Å². The second-order valence-electron chi connectivity index (χ2n) is 4.08. The third kappa shape index (κ3) is 2.44. The van der Waals surface area contributed by atoms with Gasteiger partial charge in [0.15, 0.2) is 11.6 Å². The number of benzene rings is 2. The maximum Gasteiger partial charge on any atom is 0.174 e. The summed E-state index contributed by atoms with van der Waals surface area (Å²) in [5.74, 6) is 0.889. The van der Waals surface area contributed by atoms with E-state index in [0.717, 1.165) is 16.7 Å². The summed E-state index contributed by atoms with van der Waals surface area (Å²) in [5, 5.41) is 3.77. The van der Waals surface area contributed by atoms with Crippen LogP contribution in [0.1, 0.15) is 0 Å². The zero-order valence-electron chi connectivity index (χ0n) is 9.97. The highest BCUT2D eigenvalue weighted by Crippen LogP contribution is 2.23. The highest BCUT2D eigenvalue weighted by Gasteiger charge is 2.06. The van der Waals surface area contributed by atoms with Gasteiger partial charge in [0.05, 0.1) is 11.0 Å². The molecule has 1 aromatic heterocycles. The lowest BCUT2D eigenvalue weighted by Crippen LogP contribution is -2.02. The second kappa shape index (κ2) is 4.74. The predicted molar refractivity (Wildman–Crippen MR) is 78.7 cm³/mol. The number of nitrogens with zero attached hydrogens (tertiary/aromatic N) is 2. The van der Waals surface area contributed by atoms with Crippen molar-refractivity contribution < 1.29 is 0 Å². The van der Waals surface area contributed by atoms with E-state index in [1.54, 1.807) is 6.07 Å². The molecule has 0 atom stereocenters. The minimum atomic E-state index is 0.360. The van der Waals surface area contributed by atoms with Gasteiger partial charge in [-0.15, -0.1) is 0 Å². The fourth-order valence-corrected chi connectivity index (χ4v) is 2.00. The maximum absolute atomic E-state index is 5.94. The van der Waals surface area contributed by atoms with Gasteiger partial charge in [-0.1, -0.05) is 29.8 Å². The average molecular weight is 271 g/mol. The Kier molecular flexibility index (Phi) is 2.93. The Morgan fingerprint density at radius 1 is 0.947 bits per heavy atom. The van der Waals surface area contributed by atoms with Crippen LogP contribution in [0.25, 0.3) is 11.0 Å². The Morgan fingerprint density at radius 2 is 1.68 bits per heavy atom. The number of anilines is 3. The molecule has 0 unspecified atom stereocenters. The number of nitrogens with two attached hydrogens (primary N) is 1. The van der Waals surface area contributed by atoms with E-state index in [1.165, 1.54) is 0 Å². The summed E-state index contributed by atoms with van der Waals surface area (Å²) >= 11 is 5.94. The van der Waals surface area contributed by atoms with Gasteiger partial charge in [0.1, 0.15) is 0 Å². The molecule has 0 saturated carbocycles. The first kappa shape index (κ1) is 11.7. The number of hydrogen-bond acceptors (Lipinski definition) is 4. The SMILES string of the molecule is Nc1nc2ccccc2nc1Nc1cccc(Cl)c1. The molecule has 3 aromatic rings. The first-order chi connectivity index (χ1) is 9.22. The lowest BCUT2D eigenvalue weighted by Gasteiger charge is -2.09. The van der Waals surface area contributed by atoms with Gasteiger partial charge in [0.25, 0.3) is 0 Å². The molecule has 1 heterocycles. The Hall–Kier alpha value is -2.33. The van der Waals surface area contributed by atoms with E-state index in [2.05, 4.69) is 15.3 Å². The van der Waals surface area contributed by atoms with Gasteiger partial charge in [-0.05, 0) is 30.3 Å². The third-order valence-electron chi connectivity index (χ3n) is 2.68. The molecule has 0 saturated heterocycles. The quantitative estimate of drug-likeness (QED) is 0.747. The van der Waals surface area contributed by atoms with E-state index in [1.807, 2.05) is 42.5 Å². The molecule has 0 aliphatic heterocycles. The molecule has 3 N–H and O–H groups in total. The lowest BCUT2D eigenvalue weighted by atomic mass is 10.3. The third-order valence-corrected chi connectivity index (χ3v) is 2.92. The van der Waals surface area contributed by atoms with Crippen LogP contribution in [-0.2, 0) is 0 Å². The zero-order chi connectivity index (χ0) is 13.2. The van der Waals surface area contributed by atoms with Crippen LogP contribution in [0.2, 0.25) is 5.02 Å². The Balaban J connectivity index is 2.03. The summed E-state index contributed by atoms with van der Waals surface area (Å²) in [7, 11) is 0. The molecule has 5 heteroatoms. The molecule has 2 aromatic carbocycles. The van der Waals surface area contributed by atoms with E-state index in [9.17, 15) is 0 Å². The Morgan fingerprint density at radius 3 is 2.42 bits per heavy atom. The second-order valence-corrected chi connectivity index (χ2v) is 4.52. The van der Waals surface area contributed by atoms with Gasteiger partial charge in [0, 0.05) is 10.7 Å². The fraction of sp³-hybridized carbons (Fsp3) is 0. The predicted octanol–water partition coefficient (Wildman–Crippen LogP) is 3.61. The number of nitrogen functional groups attached to an aromatic ring is 1. The molecule has 0 spiro atoms. The smallest absolute Gasteiger partial charge is 0.174 e. The van der Waals surface area contributed by atoms with E-state index in [0.29, 0.717) is 16.7 Å². The van der Waals surface area contributed by atoms with Crippen LogP contribution in [0, 0.1) is 0 Å². The van der Waals surface area contributed by atoms with Crippen LogP contribution in [-0.4, -0.2) is 9.97 Å². The molecule has 0 fully saturated rings. The number of halogens is 1. The molecular formula is C14H11ClN4. The van der Waals surface area contributed by atoms with Gasteiger partial charge in [-0.2, -0.15) is 0 Å². The number of nitrogens with one attached hydrogen (secondary N) is 1. The van der Waals surface area contributed by atoms with Crippen molar-refractivity contribution in [3.05, 3.63) is 53.6 Å². The molecular weight excluding hydrogens is 260 g/mol. The van der Waals surface area contributed by atoms with Crippen molar-refractivity contribution in [3.8, 4) is 0 Å². The standard InChI is InChI=1S/C14H11ClN4/c15-9-4-3-5-10(8-9)17-14-13(16)18-11-6-1-2-7-12(11)19-14/h1-8H,(H2,16,18)(H,17,19). The van der Waals surface area contributed by atoms with Crippen LogP contribution in [0.15, 0.2) is 48.5 Å². The molecule has 3 rings (SSSR count). The molecule has 4 nitrogen and oxygen atoms in total. The van der Waals surface area contributed by atoms with E-state index in [-0.39, 0.29) is 0 Å². The molecule has 0 radical (unpaired) electrons. The van der Waals surface area contributed by atoms with Crippen molar-refractivity contribution in [2.45, 2.75) is 0 Å². The number of hydrogen-bond donors (Lipinski definition) is 2. The van der Waals surface area contributed by atoms with Crippen LogP contribution in [0.5, 0.6) is 0 Å². The van der Waals surface area contributed by atoms with E-state index in [4.69, 9.17) is 17.3 Å². The van der Waals surface area contributed by atoms with Gasteiger partial charge < -0.3 is 11.1 Å². The first-order valence-corrected chi connectivity index (χ1v) is 6.15. The number of aromatic nitrogens is 2. The Labute approximate surface area is 115 Å². The largest absolute Gasteiger partial charge is 0.381 e. The van der Waals surface area contributed by atoms with Gasteiger partial charge >= 0.3 is 0 Å². The molecule has 0 aliphatic rings. The summed E-state index contributed by atoms with van der Waals surface area (Å²) < 4.78 is 0. The molecule has 94 valence electrons. The lowest BCUT2D eigenvalue weighted by molar-refractivity contribution is 1.29. The van der Waals surface area contributed by atoms with Gasteiger partial charge in [-0.3, -0.25) is 0 Å². The molecule has 0 amide bonds. The highest BCUT2D eigenvalue weighted by molar-refractivity contribution is 6.30. The minimum Gasteiger partial charge on any atom is -0.381 e. The zero-order valence-corrected chi connectivity index (χ0v) is 10.7. The molecule has 19 heavy (non-hydrogen) atoms. The minimum absolute atomic E-state index is 0.360. The average Bonchev–Trinajstić information content (AvgIpc) is 2.40. The molecule has 0 aliphatic carbocycles. The number of rotatable bonds is 2. The van der Waals surface area contributed by atoms with Crippen molar-refractivity contribution in [1.29, 1.82) is 0 Å². The van der Waals surface area contributed by atoms with Gasteiger partial charge in [0.2, 0.25) is 0 Å². The highest BCUT2D eigenvalue weighted by atomic mass is 35.5. The summed E-state index contributed by atoms with van der Waals surface area (Å²) in [6.07, 6.45) is 0. The van der Waals surface area contributed by atoms with Crippen LogP contribution < -0.4 is 11.1 Å². The van der Waals surface area contributed by atoms with Crippen LogP contribution in [0.3, 0.4) is 0 Å². The summed E-state index contributed by atoms with van der Waals surface area (Å²) in [6.45, 7) is 0. The monoisotopic (exact) mass is 270 g/mol. The topological polar surface area (TPSA) is 63.8 Å². The van der Waals surface area contributed by atoms with Crippen LogP contribution in [0.4, 0.5) is 17.3 Å². The van der Waals surface area contributed by atoms with Gasteiger partial charge in [-0.25, -0.2) is 9.97 Å². The normalized spacial score (nSPS) is 10.6. The van der Waals surface area contributed by atoms with Crippen molar-refractivity contribution in [1.82, 2.24) is 9.97 Å². The first-order valence-electron chi connectivity index (χ1n) is 5.77.